The minimum absolute atomic E-state index is 0.00288. The second-order valence-electron chi connectivity index (χ2n) is 10.3. The van der Waals surface area contributed by atoms with Crippen LogP contribution in [0.4, 0.5) is 0 Å². The molecule has 0 fully saturated rings. The van der Waals surface area contributed by atoms with Gasteiger partial charge in [0.15, 0.2) is 8.32 Å². The third kappa shape index (κ3) is 22.1. The molecule has 0 rings (SSSR count). The van der Waals surface area contributed by atoms with E-state index in [1.807, 2.05) is 0 Å². The zero-order valence-corrected chi connectivity index (χ0v) is 22.6. The molecule has 0 spiro atoms. The van der Waals surface area contributed by atoms with Gasteiger partial charge >= 0.3 is 0 Å². The molecule has 0 aromatic heterocycles. The van der Waals surface area contributed by atoms with Gasteiger partial charge in [-0.2, -0.15) is 0 Å². The Bertz CT molecular complexity index is 436. The van der Waals surface area contributed by atoms with Crippen LogP contribution in [0.1, 0.15) is 90.4 Å². The predicted molar refractivity (Wildman–Crippen MR) is 132 cm³/mol. The van der Waals surface area contributed by atoms with Gasteiger partial charge in [-0.1, -0.05) is 64.0 Å². The van der Waals surface area contributed by atoms with Crippen LogP contribution < -0.4 is 0 Å². The summed E-state index contributed by atoms with van der Waals surface area (Å²) >= 11 is 0. The molecular weight excluding hydrogens is 392 g/mol. The van der Waals surface area contributed by atoms with Gasteiger partial charge in [-0.25, -0.2) is 0 Å². The molecule has 0 aromatic carbocycles. The second-order valence-corrected chi connectivity index (χ2v) is 19.2. The van der Waals surface area contributed by atoms with Gasteiger partial charge in [0.1, 0.15) is 0 Å². The summed E-state index contributed by atoms with van der Waals surface area (Å²) in [5.74, 6) is -0.00288. The molecule has 0 amide bonds. The molecule has 0 saturated carbocycles. The quantitative estimate of drug-likeness (QED) is 0.122. The van der Waals surface area contributed by atoms with E-state index in [2.05, 4.69) is 58.4 Å². The summed E-state index contributed by atoms with van der Waals surface area (Å²) in [4.78, 5) is 11.7. The molecule has 0 aliphatic carbocycles. The monoisotopic (exact) mass is 442 g/mol. The Kier molecular flexibility index (Phi) is 16.1. The maximum atomic E-state index is 11.7. The van der Waals surface area contributed by atoms with Crippen LogP contribution in [0.25, 0.3) is 0 Å². The largest absolute Gasteiger partial charge is 0.520 e. The van der Waals surface area contributed by atoms with Crippen molar-refractivity contribution in [2.75, 3.05) is 0 Å². The Morgan fingerprint density at radius 1 is 0.793 bits per heavy atom. The van der Waals surface area contributed by atoms with Gasteiger partial charge in [0.2, 0.25) is 8.32 Å². The lowest BCUT2D eigenvalue weighted by atomic mass is 10.1. The van der Waals surface area contributed by atoms with Crippen molar-refractivity contribution in [1.29, 1.82) is 0 Å². The summed E-state index contributed by atoms with van der Waals surface area (Å²) in [7, 11) is -3.18. The van der Waals surface area contributed by atoms with E-state index >= 15 is 0 Å². The van der Waals surface area contributed by atoms with Crippen LogP contribution in [0, 0.1) is 0 Å². The average molecular weight is 443 g/mol. The van der Waals surface area contributed by atoms with Crippen LogP contribution in [0.15, 0.2) is 12.2 Å². The summed E-state index contributed by atoms with van der Waals surface area (Å²) in [5, 5.41) is 0. The molecule has 1 atom stereocenters. The van der Waals surface area contributed by atoms with Crippen LogP contribution >= 0.6 is 0 Å². The first kappa shape index (κ1) is 28.6. The van der Waals surface area contributed by atoms with Gasteiger partial charge in [-0.15, -0.1) is 0 Å². The molecule has 0 bridgehead atoms. The van der Waals surface area contributed by atoms with E-state index in [1.54, 1.807) is 0 Å². The molecule has 5 heteroatoms. The van der Waals surface area contributed by atoms with Crippen molar-refractivity contribution in [1.82, 2.24) is 0 Å². The molecule has 0 N–H and O–H groups in total. The fourth-order valence-corrected chi connectivity index (χ4v) is 5.34. The summed E-state index contributed by atoms with van der Waals surface area (Å²) in [6, 6.07) is 0. The number of allylic oxidation sites excluding steroid dienone is 1. The molecule has 0 radical (unpaired) electrons. The maximum absolute atomic E-state index is 11.7. The topological polar surface area (TPSA) is 35.5 Å². The van der Waals surface area contributed by atoms with E-state index in [0.29, 0.717) is 12.5 Å². The molecule has 0 aliphatic rings. The maximum Gasteiger partial charge on any atom is 0.292 e. The standard InChI is InChI=1S/C24H50O3Si2/c1-8-9-10-17-20-23(26-28(2,3)4)21-18-15-13-11-12-14-16-19-22-24(25)27-29(5,6)7/h15,18,23H,8-14,16-17,19-22H2,1-7H3/b18-15-. The minimum Gasteiger partial charge on any atom is -0.520 e. The zero-order valence-electron chi connectivity index (χ0n) is 20.6. The number of hydrogen-bond donors (Lipinski definition) is 0. The fraction of sp³-hybridized carbons (Fsp3) is 0.875. The van der Waals surface area contributed by atoms with Gasteiger partial charge in [-0.3, -0.25) is 4.79 Å². The lowest BCUT2D eigenvalue weighted by Crippen LogP contribution is -2.31. The predicted octanol–water partition coefficient (Wildman–Crippen LogP) is 8.23. The van der Waals surface area contributed by atoms with Crippen molar-refractivity contribution < 1.29 is 13.6 Å². The van der Waals surface area contributed by atoms with Gasteiger partial charge in [0.05, 0.1) is 0 Å². The number of unbranched alkanes of at least 4 members (excludes halogenated alkanes) is 8. The van der Waals surface area contributed by atoms with Gasteiger partial charge in [0.25, 0.3) is 5.97 Å². The van der Waals surface area contributed by atoms with E-state index in [-0.39, 0.29) is 5.97 Å². The number of rotatable bonds is 18. The summed E-state index contributed by atoms with van der Waals surface area (Å²) in [5.41, 5.74) is 0. The number of hydrogen-bond acceptors (Lipinski definition) is 3. The fourth-order valence-electron chi connectivity index (χ4n) is 3.34. The molecule has 29 heavy (non-hydrogen) atoms. The SMILES string of the molecule is CCCCCCC(C/C=C\CCCCCCCC(=O)O[Si](C)(C)C)O[Si](C)(C)C. The molecule has 0 saturated heterocycles. The normalized spacial score (nSPS) is 13.8. The van der Waals surface area contributed by atoms with Crippen molar-refractivity contribution in [3.8, 4) is 0 Å². The van der Waals surface area contributed by atoms with Gasteiger partial charge in [0, 0.05) is 12.5 Å². The van der Waals surface area contributed by atoms with Crippen LogP contribution in [0.5, 0.6) is 0 Å². The molecule has 3 nitrogen and oxygen atoms in total. The molecule has 0 aliphatic heterocycles. The first-order valence-electron chi connectivity index (χ1n) is 12.1. The summed E-state index contributed by atoms with van der Waals surface area (Å²) in [6.45, 7) is 15.3. The van der Waals surface area contributed by atoms with Crippen molar-refractivity contribution >= 4 is 22.6 Å². The molecular formula is C24H50O3Si2. The highest BCUT2D eigenvalue weighted by Crippen LogP contribution is 2.18. The Hall–Kier alpha value is -0.396. The van der Waals surface area contributed by atoms with Crippen molar-refractivity contribution in [3.05, 3.63) is 12.2 Å². The highest BCUT2D eigenvalue weighted by Gasteiger charge is 2.20. The first-order valence-corrected chi connectivity index (χ1v) is 18.9. The third-order valence-electron chi connectivity index (χ3n) is 4.64. The molecule has 0 aromatic rings. The van der Waals surface area contributed by atoms with Crippen LogP contribution in [-0.2, 0) is 13.6 Å². The lowest BCUT2D eigenvalue weighted by molar-refractivity contribution is -0.135. The van der Waals surface area contributed by atoms with Crippen LogP contribution in [0.3, 0.4) is 0 Å². The highest BCUT2D eigenvalue weighted by atomic mass is 28.4. The van der Waals surface area contributed by atoms with Crippen molar-refractivity contribution in [2.45, 2.75) is 136 Å². The summed E-state index contributed by atoms with van der Waals surface area (Å²) in [6.07, 6.45) is 20.2. The molecule has 172 valence electrons. The Morgan fingerprint density at radius 2 is 1.41 bits per heavy atom. The highest BCUT2D eigenvalue weighted by molar-refractivity contribution is 6.71. The molecule has 1 unspecified atom stereocenters. The van der Waals surface area contributed by atoms with E-state index in [0.717, 1.165) is 25.7 Å². The van der Waals surface area contributed by atoms with E-state index in [4.69, 9.17) is 8.85 Å². The van der Waals surface area contributed by atoms with Gasteiger partial charge in [-0.05, 0) is 71.4 Å². The van der Waals surface area contributed by atoms with E-state index < -0.39 is 16.6 Å². The average Bonchev–Trinajstić information content (AvgIpc) is 2.57. The Balaban J connectivity index is 3.82. The number of carbonyl (C=O) groups is 1. The smallest absolute Gasteiger partial charge is 0.292 e. The van der Waals surface area contributed by atoms with Crippen molar-refractivity contribution in [3.63, 3.8) is 0 Å². The van der Waals surface area contributed by atoms with E-state index in [1.165, 1.54) is 51.4 Å². The first-order chi connectivity index (χ1) is 13.5. The lowest BCUT2D eigenvalue weighted by Gasteiger charge is -2.25. The zero-order chi connectivity index (χ0) is 22.2. The Labute approximate surface area is 184 Å². The van der Waals surface area contributed by atoms with Crippen LogP contribution in [0.2, 0.25) is 39.3 Å². The second kappa shape index (κ2) is 16.3. The molecule has 0 heterocycles. The summed E-state index contributed by atoms with van der Waals surface area (Å²) < 4.78 is 11.9. The minimum atomic E-state index is -1.71. The van der Waals surface area contributed by atoms with Crippen molar-refractivity contribution in [2.24, 2.45) is 0 Å². The Morgan fingerprint density at radius 3 is 2.03 bits per heavy atom. The third-order valence-corrected chi connectivity index (χ3v) is 6.52. The van der Waals surface area contributed by atoms with E-state index in [9.17, 15) is 4.79 Å². The van der Waals surface area contributed by atoms with Crippen LogP contribution in [-0.4, -0.2) is 28.7 Å². The number of carbonyl (C=O) groups excluding carboxylic acids is 1. The van der Waals surface area contributed by atoms with Gasteiger partial charge < -0.3 is 8.85 Å².